The number of aliphatic hydroxyl groups is 1. The summed E-state index contributed by atoms with van der Waals surface area (Å²) < 4.78 is 13.6. The van der Waals surface area contributed by atoms with Crippen LogP contribution >= 0.6 is 0 Å². The van der Waals surface area contributed by atoms with Crippen molar-refractivity contribution in [1.29, 1.82) is 0 Å². The van der Waals surface area contributed by atoms with Crippen LogP contribution in [0.4, 0.5) is 0 Å². The van der Waals surface area contributed by atoms with E-state index >= 15 is 0 Å². The van der Waals surface area contributed by atoms with Crippen LogP contribution in [0.15, 0.2) is 30.5 Å². The number of fused-ring (bicyclic) bond motifs is 1. The van der Waals surface area contributed by atoms with Crippen molar-refractivity contribution >= 4 is 5.91 Å². The molecule has 0 bridgehead atoms. The topological polar surface area (TPSA) is 93.0 Å². The Morgan fingerprint density at radius 1 is 1.39 bits per heavy atom. The largest absolute Gasteiger partial charge is 0.497 e. The molecule has 3 rings (SSSR count). The Hall–Kier alpha value is -2.49. The highest BCUT2D eigenvalue weighted by Crippen LogP contribution is 2.19. The van der Waals surface area contributed by atoms with E-state index < -0.39 is 0 Å². The van der Waals surface area contributed by atoms with Gasteiger partial charge in [0.05, 0.1) is 44.4 Å². The normalized spacial score (nSPS) is 21.3. The van der Waals surface area contributed by atoms with Crippen LogP contribution in [-0.4, -0.2) is 81.8 Å². The molecule has 1 aliphatic heterocycles. The van der Waals surface area contributed by atoms with Gasteiger partial charge in [0.15, 0.2) is 0 Å². The molecule has 0 aliphatic carbocycles. The van der Waals surface area contributed by atoms with Gasteiger partial charge in [-0.25, -0.2) is 4.68 Å². The second-order valence-electron chi connectivity index (χ2n) is 9.00. The van der Waals surface area contributed by atoms with Gasteiger partial charge in [0.25, 0.3) is 0 Å². The van der Waals surface area contributed by atoms with Crippen molar-refractivity contribution in [2.75, 3.05) is 33.9 Å². The van der Waals surface area contributed by atoms with Gasteiger partial charge in [0, 0.05) is 38.5 Å². The molecule has 9 nitrogen and oxygen atoms in total. The lowest BCUT2D eigenvalue weighted by Crippen LogP contribution is -2.47. The van der Waals surface area contributed by atoms with Gasteiger partial charge in [-0.2, -0.15) is 0 Å². The van der Waals surface area contributed by atoms with Crippen LogP contribution in [0.1, 0.15) is 37.9 Å². The van der Waals surface area contributed by atoms with E-state index in [-0.39, 0.29) is 30.6 Å². The monoisotopic (exact) mass is 459 g/mol. The maximum atomic E-state index is 13.0. The minimum atomic E-state index is -0.236. The quantitative estimate of drug-likeness (QED) is 0.676. The Kier molecular flexibility index (Phi) is 9.22. The summed E-state index contributed by atoms with van der Waals surface area (Å²) in [5.41, 5.74) is 2.07. The number of carbonyl (C=O) groups is 1. The van der Waals surface area contributed by atoms with Gasteiger partial charge in [0.2, 0.25) is 5.91 Å². The third-order valence-electron chi connectivity index (χ3n) is 6.22. The van der Waals surface area contributed by atoms with Crippen LogP contribution in [0, 0.1) is 5.92 Å². The molecular weight excluding hydrogens is 422 g/mol. The van der Waals surface area contributed by atoms with Gasteiger partial charge in [-0.3, -0.25) is 9.69 Å². The Labute approximate surface area is 196 Å². The van der Waals surface area contributed by atoms with Gasteiger partial charge < -0.3 is 19.5 Å². The van der Waals surface area contributed by atoms with Crippen molar-refractivity contribution in [3.63, 3.8) is 0 Å². The molecule has 1 aliphatic rings. The summed E-state index contributed by atoms with van der Waals surface area (Å²) in [5.74, 6) is 0.957. The molecule has 0 spiro atoms. The number of aromatic nitrogens is 3. The summed E-state index contributed by atoms with van der Waals surface area (Å²) in [6.45, 7) is 6.93. The van der Waals surface area contributed by atoms with Crippen molar-refractivity contribution in [3.8, 4) is 5.75 Å². The van der Waals surface area contributed by atoms with E-state index in [1.807, 2.05) is 29.8 Å². The summed E-state index contributed by atoms with van der Waals surface area (Å²) in [6, 6.07) is 7.81. The molecule has 2 aromatic rings. The van der Waals surface area contributed by atoms with Gasteiger partial charge in [-0.15, -0.1) is 5.10 Å². The number of aryl methyl sites for hydroxylation is 1. The number of methoxy groups -OCH3 is 1. The molecule has 1 N–H and O–H groups in total. The molecule has 0 unspecified atom stereocenters. The maximum absolute atomic E-state index is 13.0. The van der Waals surface area contributed by atoms with Gasteiger partial charge in [0.1, 0.15) is 5.75 Å². The highest BCUT2D eigenvalue weighted by molar-refractivity contribution is 5.76. The Morgan fingerprint density at radius 3 is 2.97 bits per heavy atom. The van der Waals surface area contributed by atoms with Crippen molar-refractivity contribution in [2.45, 2.75) is 58.5 Å². The first kappa shape index (κ1) is 25.1. The third-order valence-corrected chi connectivity index (χ3v) is 6.22. The number of ether oxygens (including phenoxy) is 2. The van der Waals surface area contributed by atoms with E-state index in [9.17, 15) is 9.90 Å². The van der Waals surface area contributed by atoms with E-state index in [1.165, 1.54) is 0 Å². The highest BCUT2D eigenvalue weighted by Gasteiger charge is 2.28. The van der Waals surface area contributed by atoms with Crippen LogP contribution in [-0.2, 0) is 29.2 Å². The average molecular weight is 460 g/mol. The number of rotatable bonds is 7. The zero-order valence-corrected chi connectivity index (χ0v) is 20.2. The fraction of sp³-hybridized carbons (Fsp3) is 0.625. The molecule has 1 aromatic heterocycles. The average Bonchev–Trinajstić information content (AvgIpc) is 3.25. The van der Waals surface area contributed by atoms with Gasteiger partial charge >= 0.3 is 0 Å². The first-order chi connectivity index (χ1) is 15.9. The molecule has 33 heavy (non-hydrogen) atoms. The lowest BCUT2D eigenvalue weighted by molar-refractivity contribution is -0.136. The van der Waals surface area contributed by atoms with Gasteiger partial charge in [-0.05, 0) is 38.1 Å². The summed E-state index contributed by atoms with van der Waals surface area (Å²) in [5, 5.41) is 17.9. The van der Waals surface area contributed by atoms with E-state index in [1.54, 1.807) is 18.2 Å². The zero-order chi connectivity index (χ0) is 23.8. The summed E-state index contributed by atoms with van der Waals surface area (Å²) in [7, 11) is 3.74. The minimum absolute atomic E-state index is 0.0501. The summed E-state index contributed by atoms with van der Waals surface area (Å²) in [6.07, 6.45) is 2.70. The fourth-order valence-electron chi connectivity index (χ4n) is 4.20. The number of benzene rings is 1. The number of hydrogen-bond donors (Lipinski definition) is 1. The molecule has 0 saturated heterocycles. The zero-order valence-electron chi connectivity index (χ0n) is 20.2. The predicted molar refractivity (Wildman–Crippen MR) is 125 cm³/mol. The lowest BCUT2D eigenvalue weighted by atomic mass is 10.0. The van der Waals surface area contributed by atoms with Crippen LogP contribution in [0.25, 0.3) is 0 Å². The number of hydrogen-bond acceptors (Lipinski definition) is 7. The molecule has 1 aromatic carbocycles. The first-order valence-electron chi connectivity index (χ1n) is 11.6. The molecule has 9 heteroatoms. The van der Waals surface area contributed by atoms with Crippen LogP contribution in [0.3, 0.4) is 0 Å². The highest BCUT2D eigenvalue weighted by atomic mass is 16.5. The minimum Gasteiger partial charge on any atom is -0.497 e. The van der Waals surface area contributed by atoms with E-state index in [0.717, 1.165) is 23.6 Å². The molecule has 182 valence electrons. The number of carbonyl (C=O) groups excluding carboxylic acids is 1. The number of likely N-dealkylation sites (N-methyl/N-ethyl adjacent to an activating group) is 1. The Bertz CT molecular complexity index is 889. The lowest BCUT2D eigenvalue weighted by Gasteiger charge is -2.35. The Balaban J connectivity index is 1.77. The molecule has 2 heterocycles. The second kappa shape index (κ2) is 12.1. The van der Waals surface area contributed by atoms with Crippen LogP contribution in [0.5, 0.6) is 5.75 Å². The molecular formula is C24H37N5O4. The van der Waals surface area contributed by atoms with Crippen molar-refractivity contribution in [1.82, 2.24) is 24.8 Å². The molecule has 1 amide bonds. The molecule has 0 saturated carbocycles. The van der Waals surface area contributed by atoms with Crippen molar-refractivity contribution in [2.24, 2.45) is 5.92 Å². The smallest absolute Gasteiger partial charge is 0.222 e. The van der Waals surface area contributed by atoms with E-state index in [2.05, 4.69) is 35.2 Å². The fourth-order valence-corrected chi connectivity index (χ4v) is 4.20. The number of nitrogens with zero attached hydrogens (tertiary/aromatic N) is 5. The summed E-state index contributed by atoms with van der Waals surface area (Å²) >= 11 is 0. The first-order valence-corrected chi connectivity index (χ1v) is 11.6. The summed E-state index contributed by atoms with van der Waals surface area (Å²) in [4.78, 5) is 17.0. The SMILES string of the molecule is COc1cccc(CN(C)C[C@@H]2OCc3cnnn3CCCC(=O)N([C@H](C)CO)C[C@@H]2C)c1. The number of amides is 1. The van der Waals surface area contributed by atoms with Crippen LogP contribution < -0.4 is 4.74 Å². The van der Waals surface area contributed by atoms with Gasteiger partial charge in [-0.1, -0.05) is 24.3 Å². The van der Waals surface area contributed by atoms with E-state index in [0.29, 0.717) is 39.1 Å². The van der Waals surface area contributed by atoms with Crippen molar-refractivity contribution in [3.05, 3.63) is 41.7 Å². The van der Waals surface area contributed by atoms with Crippen molar-refractivity contribution < 1.29 is 19.4 Å². The second-order valence-corrected chi connectivity index (χ2v) is 9.00. The Morgan fingerprint density at radius 2 is 2.21 bits per heavy atom. The van der Waals surface area contributed by atoms with E-state index in [4.69, 9.17) is 9.47 Å². The predicted octanol–water partition coefficient (Wildman–Crippen LogP) is 1.94. The number of aliphatic hydroxyl groups excluding tert-OH is 1. The molecule has 3 atom stereocenters. The standard InChI is InChI=1S/C24H37N5O4/c1-18-13-28(19(2)16-30)24(31)9-6-10-29-21(12-25-26-29)17-33-23(18)15-27(3)14-20-7-5-8-22(11-20)32-4/h5,7-8,11-12,18-19,23,30H,6,9-10,13-17H2,1-4H3/t18-,19+,23-/m0/s1. The third kappa shape index (κ3) is 6.99. The van der Waals surface area contributed by atoms with Crippen LogP contribution in [0.2, 0.25) is 0 Å². The maximum Gasteiger partial charge on any atom is 0.222 e. The molecule has 0 fully saturated rings. The molecule has 0 radical (unpaired) electrons.